The van der Waals surface area contributed by atoms with Crippen LogP contribution < -0.4 is 0 Å². The molecule has 0 amide bonds. The maximum atomic E-state index is 10.6. The Morgan fingerprint density at radius 1 is 1.33 bits per heavy atom. The van der Waals surface area contributed by atoms with E-state index in [1.54, 1.807) is 0 Å². The Morgan fingerprint density at radius 3 is 2.78 bits per heavy atom. The number of carbonyl (C=O) groups excluding carboxylic acids is 1. The van der Waals surface area contributed by atoms with Crippen LogP contribution in [0.5, 0.6) is 0 Å². The van der Waals surface area contributed by atoms with Gasteiger partial charge in [-0.25, -0.2) is 0 Å². The molecule has 0 spiro atoms. The molecule has 0 saturated carbocycles. The number of aldehydes is 1. The minimum atomic E-state index is 0.0337. The van der Waals surface area contributed by atoms with E-state index in [4.69, 9.17) is 0 Å². The van der Waals surface area contributed by atoms with E-state index in [0.29, 0.717) is 6.42 Å². The van der Waals surface area contributed by atoms with Gasteiger partial charge in [0, 0.05) is 19.5 Å². The number of carbonyl (C=O) groups is 1. The Labute approximate surface area is 111 Å². The van der Waals surface area contributed by atoms with Crippen LogP contribution in [0.4, 0.5) is 0 Å². The van der Waals surface area contributed by atoms with Crippen molar-refractivity contribution in [2.24, 2.45) is 10.5 Å². The van der Waals surface area contributed by atoms with Gasteiger partial charge in [0.2, 0.25) is 0 Å². The first-order valence-electron chi connectivity index (χ1n) is 7.04. The summed E-state index contributed by atoms with van der Waals surface area (Å²) in [5.74, 6) is 0. The molecule has 1 rings (SSSR count). The minimum absolute atomic E-state index is 0.0337. The summed E-state index contributed by atoms with van der Waals surface area (Å²) in [5, 5.41) is 6.52. The van der Waals surface area contributed by atoms with Gasteiger partial charge in [-0.3, -0.25) is 5.01 Å². The van der Waals surface area contributed by atoms with Crippen LogP contribution >= 0.6 is 0 Å². The van der Waals surface area contributed by atoms with E-state index >= 15 is 0 Å². The normalized spacial score (nSPS) is 15.5. The number of hydrogen-bond donors (Lipinski definition) is 0. The van der Waals surface area contributed by atoms with Crippen molar-refractivity contribution in [2.75, 3.05) is 19.8 Å². The van der Waals surface area contributed by atoms with E-state index in [0.717, 1.165) is 26.0 Å². The third-order valence-electron chi connectivity index (χ3n) is 3.26. The molecule has 0 aliphatic carbocycles. The molecule has 0 aromatic rings. The monoisotopic (exact) mass is 253 g/mol. The molecular formula is C14H27N3O. The first-order valence-corrected chi connectivity index (χ1v) is 7.04. The standard InChI is InChI=1S/C14H27N3O/c1-4-5-6-7-9-17-13-16(12-15-17)11-14(2,3)8-10-18/h10,12H,4-9,11,13H2,1-3H3. The maximum Gasteiger partial charge on any atom is 0.120 e. The summed E-state index contributed by atoms with van der Waals surface area (Å²) < 4.78 is 0. The average molecular weight is 253 g/mol. The van der Waals surface area contributed by atoms with Crippen molar-refractivity contribution in [2.45, 2.75) is 52.9 Å². The van der Waals surface area contributed by atoms with Gasteiger partial charge in [-0.05, 0) is 11.8 Å². The van der Waals surface area contributed by atoms with Crippen LogP contribution in [-0.2, 0) is 4.79 Å². The zero-order valence-corrected chi connectivity index (χ0v) is 12.1. The van der Waals surface area contributed by atoms with Gasteiger partial charge in [-0.1, -0.05) is 40.0 Å². The second-order valence-electron chi connectivity index (χ2n) is 5.94. The lowest BCUT2D eigenvalue weighted by atomic mass is 9.90. The molecule has 0 N–H and O–H groups in total. The Hall–Kier alpha value is -1.06. The third-order valence-corrected chi connectivity index (χ3v) is 3.26. The van der Waals surface area contributed by atoms with Crippen molar-refractivity contribution in [1.82, 2.24) is 9.91 Å². The SMILES string of the molecule is CCCCCCN1CN(CC(C)(C)CC=O)C=N1. The van der Waals surface area contributed by atoms with Gasteiger partial charge in [0.1, 0.15) is 19.3 Å². The van der Waals surface area contributed by atoms with Gasteiger partial charge in [0.15, 0.2) is 0 Å². The van der Waals surface area contributed by atoms with Crippen molar-refractivity contribution >= 4 is 12.6 Å². The van der Waals surface area contributed by atoms with Gasteiger partial charge in [0.05, 0.1) is 0 Å². The first-order chi connectivity index (χ1) is 8.57. The molecule has 4 heteroatoms. The van der Waals surface area contributed by atoms with Gasteiger partial charge < -0.3 is 9.69 Å². The van der Waals surface area contributed by atoms with Crippen molar-refractivity contribution in [3.05, 3.63) is 0 Å². The van der Waals surface area contributed by atoms with Gasteiger partial charge in [0.25, 0.3) is 0 Å². The summed E-state index contributed by atoms with van der Waals surface area (Å²) in [4.78, 5) is 12.8. The van der Waals surface area contributed by atoms with E-state index in [9.17, 15) is 4.79 Å². The molecule has 0 unspecified atom stereocenters. The molecule has 0 fully saturated rings. The van der Waals surface area contributed by atoms with E-state index < -0.39 is 0 Å². The molecule has 0 radical (unpaired) electrons. The van der Waals surface area contributed by atoms with E-state index in [1.165, 1.54) is 25.7 Å². The second-order valence-corrected chi connectivity index (χ2v) is 5.94. The lowest BCUT2D eigenvalue weighted by Crippen LogP contribution is -2.35. The Morgan fingerprint density at radius 2 is 2.11 bits per heavy atom. The van der Waals surface area contributed by atoms with Crippen molar-refractivity contribution in [1.29, 1.82) is 0 Å². The highest BCUT2D eigenvalue weighted by atomic mass is 16.1. The fraction of sp³-hybridized carbons (Fsp3) is 0.857. The smallest absolute Gasteiger partial charge is 0.120 e. The average Bonchev–Trinajstić information content (AvgIpc) is 2.71. The summed E-state index contributed by atoms with van der Waals surface area (Å²) in [6, 6.07) is 0. The van der Waals surface area contributed by atoms with Gasteiger partial charge in [-0.15, -0.1) is 0 Å². The fourth-order valence-electron chi connectivity index (χ4n) is 2.21. The molecule has 0 aromatic heterocycles. The summed E-state index contributed by atoms with van der Waals surface area (Å²) >= 11 is 0. The molecule has 18 heavy (non-hydrogen) atoms. The summed E-state index contributed by atoms with van der Waals surface area (Å²) in [6.45, 7) is 9.28. The fourth-order valence-corrected chi connectivity index (χ4v) is 2.21. The topological polar surface area (TPSA) is 35.9 Å². The first kappa shape index (κ1) is 15.0. The Balaban J connectivity index is 2.21. The quantitative estimate of drug-likeness (QED) is 0.468. The van der Waals surface area contributed by atoms with Crippen LogP contribution in [0.1, 0.15) is 52.9 Å². The van der Waals surface area contributed by atoms with Crippen LogP contribution in [0.15, 0.2) is 5.10 Å². The van der Waals surface area contributed by atoms with Crippen LogP contribution in [0.2, 0.25) is 0 Å². The zero-order chi connectivity index (χ0) is 13.4. The zero-order valence-electron chi connectivity index (χ0n) is 12.1. The van der Waals surface area contributed by atoms with Crippen LogP contribution in [0, 0.1) is 5.41 Å². The van der Waals surface area contributed by atoms with Crippen LogP contribution in [0.3, 0.4) is 0 Å². The molecule has 0 aromatic carbocycles. The third kappa shape index (κ3) is 5.52. The second kappa shape index (κ2) is 7.39. The molecule has 1 heterocycles. The molecule has 0 atom stereocenters. The van der Waals surface area contributed by atoms with Crippen molar-refractivity contribution < 1.29 is 4.79 Å². The Bertz CT molecular complexity index is 276. The van der Waals surface area contributed by atoms with E-state index in [2.05, 4.69) is 35.8 Å². The molecule has 1 aliphatic heterocycles. The predicted molar refractivity (Wildman–Crippen MR) is 75.4 cm³/mol. The highest BCUT2D eigenvalue weighted by Crippen LogP contribution is 2.21. The lowest BCUT2D eigenvalue weighted by Gasteiger charge is -2.28. The molecule has 104 valence electrons. The maximum absolute atomic E-state index is 10.6. The van der Waals surface area contributed by atoms with Gasteiger partial charge >= 0.3 is 0 Å². The minimum Gasteiger partial charge on any atom is -0.341 e. The number of nitrogens with zero attached hydrogens (tertiary/aromatic N) is 3. The van der Waals surface area contributed by atoms with Crippen molar-refractivity contribution in [3.8, 4) is 0 Å². The molecular weight excluding hydrogens is 226 g/mol. The highest BCUT2D eigenvalue weighted by molar-refractivity contribution is 5.56. The number of rotatable bonds is 9. The molecule has 1 aliphatic rings. The Kier molecular flexibility index (Phi) is 6.16. The van der Waals surface area contributed by atoms with Gasteiger partial charge in [-0.2, -0.15) is 5.10 Å². The van der Waals surface area contributed by atoms with E-state index in [1.807, 2.05) is 6.34 Å². The largest absolute Gasteiger partial charge is 0.341 e. The number of hydrogen-bond acceptors (Lipinski definition) is 4. The predicted octanol–water partition coefficient (Wildman–Crippen LogP) is 2.70. The number of hydrazone groups is 1. The molecule has 0 saturated heterocycles. The summed E-state index contributed by atoms with van der Waals surface area (Å²) in [7, 11) is 0. The van der Waals surface area contributed by atoms with E-state index in [-0.39, 0.29) is 5.41 Å². The molecule has 4 nitrogen and oxygen atoms in total. The lowest BCUT2D eigenvalue weighted by molar-refractivity contribution is -0.109. The van der Waals surface area contributed by atoms with Crippen LogP contribution in [0.25, 0.3) is 0 Å². The summed E-state index contributed by atoms with van der Waals surface area (Å²) in [5.41, 5.74) is 0.0337. The summed E-state index contributed by atoms with van der Waals surface area (Å²) in [6.07, 6.45) is 8.62. The highest BCUT2D eigenvalue weighted by Gasteiger charge is 2.23. The van der Waals surface area contributed by atoms with Crippen LogP contribution in [-0.4, -0.2) is 42.3 Å². The molecule has 0 bridgehead atoms. The number of unbranched alkanes of at least 4 members (excludes halogenated alkanes) is 3. The van der Waals surface area contributed by atoms with Crippen molar-refractivity contribution in [3.63, 3.8) is 0 Å².